The SMILES string of the molecule is CCOC(=O)c1sc2nc(C)nc(NCc3ccc(CS(=O)(=O)NC)cc3)c2c1C. The summed E-state index contributed by atoms with van der Waals surface area (Å²) in [7, 11) is -1.90. The van der Waals surface area contributed by atoms with E-state index in [1.54, 1.807) is 26.0 Å². The molecule has 0 atom stereocenters. The van der Waals surface area contributed by atoms with Gasteiger partial charge in [-0.15, -0.1) is 11.3 Å². The van der Waals surface area contributed by atoms with Gasteiger partial charge in [0.05, 0.1) is 17.7 Å². The molecule has 3 aromatic rings. The standard InChI is InChI=1S/C20H24N4O4S2/c1-5-28-20(25)17-12(2)16-18(23-13(3)24-19(16)29-17)22-10-14-6-8-15(9-7-14)11-30(26,27)21-4/h6-9,21H,5,10-11H2,1-4H3,(H,22,23,24). The third-order valence-electron chi connectivity index (χ3n) is 4.51. The molecule has 1 aromatic carbocycles. The smallest absolute Gasteiger partial charge is 0.348 e. The van der Waals surface area contributed by atoms with Crippen LogP contribution in [0, 0.1) is 13.8 Å². The van der Waals surface area contributed by atoms with E-state index in [1.807, 2.05) is 19.1 Å². The molecule has 0 radical (unpaired) electrons. The minimum absolute atomic E-state index is 0.0618. The van der Waals surface area contributed by atoms with E-state index in [9.17, 15) is 13.2 Å². The van der Waals surface area contributed by atoms with Crippen LogP contribution in [0.5, 0.6) is 0 Å². The topological polar surface area (TPSA) is 110 Å². The molecule has 0 fully saturated rings. The first kappa shape index (κ1) is 22.1. The maximum Gasteiger partial charge on any atom is 0.348 e. The van der Waals surface area contributed by atoms with Crippen LogP contribution in [0.15, 0.2) is 24.3 Å². The lowest BCUT2D eigenvalue weighted by Gasteiger charge is -2.10. The van der Waals surface area contributed by atoms with Crippen molar-refractivity contribution >= 4 is 43.4 Å². The maximum absolute atomic E-state index is 12.2. The second-order valence-electron chi connectivity index (χ2n) is 6.71. The molecule has 0 saturated carbocycles. The molecule has 0 bridgehead atoms. The van der Waals surface area contributed by atoms with Gasteiger partial charge in [-0.3, -0.25) is 0 Å². The fourth-order valence-electron chi connectivity index (χ4n) is 3.00. The highest BCUT2D eigenvalue weighted by atomic mass is 32.2. The lowest BCUT2D eigenvalue weighted by Crippen LogP contribution is -2.20. The molecule has 0 spiro atoms. The largest absolute Gasteiger partial charge is 0.462 e. The number of hydrogen-bond acceptors (Lipinski definition) is 8. The number of fused-ring (bicyclic) bond motifs is 1. The molecule has 2 heterocycles. The molecule has 160 valence electrons. The van der Waals surface area contributed by atoms with E-state index in [2.05, 4.69) is 20.0 Å². The maximum atomic E-state index is 12.2. The predicted molar refractivity (Wildman–Crippen MR) is 118 cm³/mol. The van der Waals surface area contributed by atoms with Gasteiger partial charge in [-0.2, -0.15) is 0 Å². The fourth-order valence-corrected chi connectivity index (χ4v) is 4.89. The third kappa shape index (κ3) is 4.94. The van der Waals surface area contributed by atoms with Crippen LogP contribution in [0.2, 0.25) is 0 Å². The number of sulfonamides is 1. The van der Waals surface area contributed by atoms with Gasteiger partial charge < -0.3 is 10.1 Å². The number of hydrogen-bond donors (Lipinski definition) is 2. The van der Waals surface area contributed by atoms with Crippen molar-refractivity contribution in [1.82, 2.24) is 14.7 Å². The Bertz CT molecular complexity index is 1170. The van der Waals surface area contributed by atoms with E-state index in [4.69, 9.17) is 4.74 Å². The van der Waals surface area contributed by atoms with Gasteiger partial charge in [0.2, 0.25) is 10.0 Å². The lowest BCUT2D eigenvalue weighted by molar-refractivity contribution is 0.0531. The highest BCUT2D eigenvalue weighted by Crippen LogP contribution is 2.34. The Morgan fingerprint density at radius 3 is 2.43 bits per heavy atom. The first-order valence-electron chi connectivity index (χ1n) is 9.41. The Labute approximate surface area is 179 Å². The van der Waals surface area contributed by atoms with Crippen molar-refractivity contribution in [2.24, 2.45) is 0 Å². The molecule has 10 heteroatoms. The van der Waals surface area contributed by atoms with Gasteiger partial charge in [0.15, 0.2) is 0 Å². The molecule has 8 nitrogen and oxygen atoms in total. The molecule has 2 aromatic heterocycles. The molecule has 3 rings (SSSR count). The molecule has 0 aliphatic heterocycles. The summed E-state index contributed by atoms with van der Waals surface area (Å²) in [5.74, 6) is 0.847. The number of nitrogens with one attached hydrogen (secondary N) is 2. The van der Waals surface area contributed by atoms with Crippen molar-refractivity contribution in [3.63, 3.8) is 0 Å². The summed E-state index contributed by atoms with van der Waals surface area (Å²) in [5, 5.41) is 4.13. The average molecular weight is 449 g/mol. The zero-order valence-electron chi connectivity index (χ0n) is 17.3. The normalized spacial score (nSPS) is 11.6. The zero-order chi connectivity index (χ0) is 21.9. The Balaban J connectivity index is 1.83. The van der Waals surface area contributed by atoms with Crippen LogP contribution in [-0.2, 0) is 27.1 Å². The molecule has 2 N–H and O–H groups in total. The molecule has 0 amide bonds. The van der Waals surface area contributed by atoms with Gasteiger partial charge in [-0.1, -0.05) is 24.3 Å². The van der Waals surface area contributed by atoms with Gasteiger partial charge in [0.1, 0.15) is 21.3 Å². The van der Waals surface area contributed by atoms with Crippen LogP contribution in [0.1, 0.15) is 39.1 Å². The number of thiophene rings is 1. The monoisotopic (exact) mass is 448 g/mol. The molecule has 0 aliphatic carbocycles. The minimum Gasteiger partial charge on any atom is -0.462 e. The van der Waals surface area contributed by atoms with Gasteiger partial charge in [-0.25, -0.2) is 27.9 Å². The molecule has 0 aliphatic rings. The van der Waals surface area contributed by atoms with E-state index >= 15 is 0 Å². The average Bonchev–Trinajstić information content (AvgIpc) is 3.03. The van der Waals surface area contributed by atoms with Crippen molar-refractivity contribution in [3.05, 3.63) is 51.7 Å². The first-order chi connectivity index (χ1) is 14.2. The second kappa shape index (κ2) is 9.07. The van der Waals surface area contributed by atoms with Crippen molar-refractivity contribution in [2.45, 2.75) is 33.1 Å². The van der Waals surface area contributed by atoms with Crippen LogP contribution in [-0.4, -0.2) is 38.0 Å². The summed E-state index contributed by atoms with van der Waals surface area (Å²) in [6, 6.07) is 7.34. The van der Waals surface area contributed by atoms with Crippen molar-refractivity contribution < 1.29 is 17.9 Å². The molecule has 0 unspecified atom stereocenters. The predicted octanol–water partition coefficient (Wildman–Crippen LogP) is 3.15. The Morgan fingerprint density at radius 1 is 1.13 bits per heavy atom. The van der Waals surface area contributed by atoms with Crippen LogP contribution >= 0.6 is 11.3 Å². The Kier molecular flexibility index (Phi) is 6.69. The second-order valence-corrected chi connectivity index (χ2v) is 9.63. The van der Waals surface area contributed by atoms with E-state index < -0.39 is 10.0 Å². The molecule has 0 saturated heterocycles. The number of rotatable bonds is 8. The van der Waals surface area contributed by atoms with Crippen LogP contribution in [0.4, 0.5) is 5.82 Å². The van der Waals surface area contributed by atoms with Crippen molar-refractivity contribution in [1.29, 1.82) is 0 Å². The van der Waals surface area contributed by atoms with Gasteiger partial charge >= 0.3 is 5.97 Å². The molecular weight excluding hydrogens is 424 g/mol. The number of benzene rings is 1. The number of anilines is 1. The van der Waals surface area contributed by atoms with Gasteiger partial charge in [0.25, 0.3) is 0 Å². The first-order valence-corrected chi connectivity index (χ1v) is 11.9. The fraction of sp³-hybridized carbons (Fsp3) is 0.350. The van der Waals surface area contributed by atoms with E-state index in [0.29, 0.717) is 35.2 Å². The summed E-state index contributed by atoms with van der Waals surface area (Å²) in [5.41, 5.74) is 2.48. The van der Waals surface area contributed by atoms with Gasteiger partial charge in [0, 0.05) is 6.54 Å². The number of aryl methyl sites for hydroxylation is 2. The van der Waals surface area contributed by atoms with Crippen molar-refractivity contribution in [3.8, 4) is 0 Å². The summed E-state index contributed by atoms with van der Waals surface area (Å²) in [4.78, 5) is 22.5. The van der Waals surface area contributed by atoms with Crippen LogP contribution in [0.3, 0.4) is 0 Å². The third-order valence-corrected chi connectivity index (χ3v) is 7.01. The quantitative estimate of drug-likeness (QED) is 0.509. The number of aromatic nitrogens is 2. The minimum atomic E-state index is -3.30. The highest BCUT2D eigenvalue weighted by Gasteiger charge is 2.20. The summed E-state index contributed by atoms with van der Waals surface area (Å²) in [6.45, 7) is 6.26. The highest BCUT2D eigenvalue weighted by molar-refractivity contribution is 7.88. The van der Waals surface area contributed by atoms with Crippen LogP contribution < -0.4 is 10.0 Å². The van der Waals surface area contributed by atoms with Crippen LogP contribution in [0.25, 0.3) is 10.2 Å². The number of esters is 1. The van der Waals surface area contributed by atoms with E-state index in [-0.39, 0.29) is 11.7 Å². The zero-order valence-corrected chi connectivity index (χ0v) is 18.9. The number of carbonyl (C=O) groups is 1. The lowest BCUT2D eigenvalue weighted by atomic mass is 10.1. The molecule has 30 heavy (non-hydrogen) atoms. The van der Waals surface area contributed by atoms with E-state index in [0.717, 1.165) is 21.3 Å². The number of carbonyl (C=O) groups excluding carboxylic acids is 1. The summed E-state index contributed by atoms with van der Waals surface area (Å²) < 4.78 is 30.8. The number of nitrogens with zero attached hydrogens (tertiary/aromatic N) is 2. The van der Waals surface area contributed by atoms with E-state index in [1.165, 1.54) is 18.4 Å². The van der Waals surface area contributed by atoms with Crippen molar-refractivity contribution in [2.75, 3.05) is 19.0 Å². The molecular formula is C20H24N4O4S2. The summed E-state index contributed by atoms with van der Waals surface area (Å²) >= 11 is 1.30. The van der Waals surface area contributed by atoms with Gasteiger partial charge in [-0.05, 0) is 44.5 Å². The summed E-state index contributed by atoms with van der Waals surface area (Å²) in [6.07, 6.45) is 0. The Hall–Kier alpha value is -2.56. The Morgan fingerprint density at radius 2 is 1.80 bits per heavy atom. The number of ether oxygens (including phenoxy) is 1.